The van der Waals surface area contributed by atoms with E-state index in [0.29, 0.717) is 0 Å². The van der Waals surface area contributed by atoms with Gasteiger partial charge in [-0.15, -0.1) is 0 Å². The van der Waals surface area contributed by atoms with Gasteiger partial charge in [0.15, 0.2) is 0 Å². The van der Waals surface area contributed by atoms with Gasteiger partial charge in [0.1, 0.15) is 17.3 Å². The molecule has 1 aromatic heterocycles. The number of methoxy groups -OCH3 is 1. The van der Waals surface area contributed by atoms with Crippen molar-refractivity contribution >= 4 is 5.69 Å². The van der Waals surface area contributed by atoms with Crippen molar-refractivity contribution in [3.05, 3.63) is 72.5 Å². The Kier molecular flexibility index (Phi) is 4.93. The molecule has 1 aliphatic rings. The average molecular weight is 348 g/mol. The van der Waals surface area contributed by atoms with Crippen molar-refractivity contribution in [3.63, 3.8) is 0 Å². The summed E-state index contributed by atoms with van der Waals surface area (Å²) < 4.78 is 11.3. The van der Waals surface area contributed by atoms with Gasteiger partial charge < -0.3 is 14.1 Å². The van der Waals surface area contributed by atoms with Crippen molar-refractivity contribution in [2.24, 2.45) is 0 Å². The molecule has 0 bridgehead atoms. The summed E-state index contributed by atoms with van der Waals surface area (Å²) in [6.07, 6.45) is 0. The van der Waals surface area contributed by atoms with Gasteiger partial charge >= 0.3 is 0 Å². The first-order chi connectivity index (χ1) is 12.8. The highest BCUT2D eigenvalue weighted by atomic mass is 16.5. The molecule has 2 heterocycles. The molecule has 0 spiro atoms. The first kappa shape index (κ1) is 16.7. The summed E-state index contributed by atoms with van der Waals surface area (Å²) in [6, 6.07) is 22.8. The van der Waals surface area contributed by atoms with Gasteiger partial charge in [-0.2, -0.15) is 0 Å². The number of benzene rings is 2. The van der Waals surface area contributed by atoms with Crippen LogP contribution in [0.4, 0.5) is 5.69 Å². The van der Waals surface area contributed by atoms with Crippen LogP contribution in [0, 0.1) is 0 Å². The van der Waals surface area contributed by atoms with Gasteiger partial charge in [0, 0.05) is 37.4 Å². The average Bonchev–Trinajstić information content (AvgIpc) is 3.18. The van der Waals surface area contributed by atoms with E-state index >= 15 is 0 Å². The lowest BCUT2D eigenvalue weighted by Gasteiger charge is -2.35. The van der Waals surface area contributed by atoms with Crippen LogP contribution < -0.4 is 9.64 Å². The molecule has 4 rings (SSSR count). The Morgan fingerprint density at radius 2 is 1.58 bits per heavy atom. The zero-order valence-corrected chi connectivity index (χ0v) is 15.1. The number of ether oxygens (including phenoxy) is 1. The summed E-state index contributed by atoms with van der Waals surface area (Å²) in [4.78, 5) is 4.90. The van der Waals surface area contributed by atoms with E-state index in [-0.39, 0.29) is 0 Å². The maximum absolute atomic E-state index is 6.06. The highest BCUT2D eigenvalue weighted by molar-refractivity contribution is 5.58. The maximum atomic E-state index is 6.06. The maximum Gasteiger partial charge on any atom is 0.134 e. The normalized spacial score (nSPS) is 15.2. The van der Waals surface area contributed by atoms with Crippen molar-refractivity contribution in [2.45, 2.75) is 6.54 Å². The van der Waals surface area contributed by atoms with Gasteiger partial charge in [-0.1, -0.05) is 18.2 Å². The van der Waals surface area contributed by atoms with Crippen LogP contribution >= 0.6 is 0 Å². The third kappa shape index (κ3) is 3.75. The largest absolute Gasteiger partial charge is 0.497 e. The zero-order valence-electron chi connectivity index (χ0n) is 15.1. The van der Waals surface area contributed by atoms with Crippen LogP contribution in [-0.2, 0) is 6.54 Å². The zero-order chi connectivity index (χ0) is 17.8. The molecular formula is C22H24N2O2. The van der Waals surface area contributed by atoms with E-state index in [4.69, 9.17) is 9.15 Å². The standard InChI is InChI=1S/C22H24N2O2/c1-25-20-9-7-18(8-10-20)22-12-11-21(26-22)17-23-13-15-24(16-14-23)19-5-3-2-4-6-19/h2-12H,13-17H2,1H3. The number of anilines is 1. The third-order valence-corrected chi connectivity index (χ3v) is 4.91. The molecule has 1 saturated heterocycles. The fourth-order valence-electron chi connectivity index (χ4n) is 3.40. The van der Waals surface area contributed by atoms with E-state index in [0.717, 1.165) is 55.6 Å². The predicted molar refractivity (Wildman–Crippen MR) is 105 cm³/mol. The highest BCUT2D eigenvalue weighted by Gasteiger charge is 2.18. The Morgan fingerprint density at radius 3 is 2.27 bits per heavy atom. The Balaban J connectivity index is 1.35. The van der Waals surface area contributed by atoms with Crippen molar-refractivity contribution < 1.29 is 9.15 Å². The summed E-state index contributed by atoms with van der Waals surface area (Å²) >= 11 is 0. The van der Waals surface area contributed by atoms with E-state index in [9.17, 15) is 0 Å². The summed E-state index contributed by atoms with van der Waals surface area (Å²) in [5.74, 6) is 2.78. The molecule has 1 aliphatic heterocycles. The molecule has 0 saturated carbocycles. The first-order valence-corrected chi connectivity index (χ1v) is 9.07. The van der Waals surface area contributed by atoms with E-state index in [1.165, 1.54) is 5.69 Å². The number of hydrogen-bond acceptors (Lipinski definition) is 4. The summed E-state index contributed by atoms with van der Waals surface area (Å²) in [6.45, 7) is 5.06. The summed E-state index contributed by atoms with van der Waals surface area (Å²) in [7, 11) is 1.68. The topological polar surface area (TPSA) is 28.9 Å². The Hall–Kier alpha value is -2.72. The number of rotatable bonds is 5. The van der Waals surface area contributed by atoms with Crippen molar-refractivity contribution in [3.8, 4) is 17.1 Å². The van der Waals surface area contributed by atoms with Crippen LogP contribution in [0.2, 0.25) is 0 Å². The molecule has 2 aromatic carbocycles. The summed E-state index contributed by atoms with van der Waals surface area (Å²) in [5, 5.41) is 0. The molecule has 1 fully saturated rings. The Bertz CT molecular complexity index is 819. The molecule has 0 N–H and O–H groups in total. The second kappa shape index (κ2) is 7.67. The molecule has 0 amide bonds. The van der Waals surface area contributed by atoms with Crippen molar-refractivity contribution in [1.82, 2.24) is 4.90 Å². The number of hydrogen-bond donors (Lipinski definition) is 0. The molecule has 0 aliphatic carbocycles. The molecular weight excluding hydrogens is 324 g/mol. The second-order valence-corrected chi connectivity index (χ2v) is 6.59. The second-order valence-electron chi connectivity index (χ2n) is 6.59. The van der Waals surface area contributed by atoms with Crippen LogP contribution in [0.25, 0.3) is 11.3 Å². The molecule has 4 heteroatoms. The van der Waals surface area contributed by atoms with Crippen molar-refractivity contribution in [2.75, 3.05) is 38.2 Å². The van der Waals surface area contributed by atoms with E-state index in [1.54, 1.807) is 7.11 Å². The molecule has 134 valence electrons. The molecule has 3 aromatic rings. The molecule has 4 nitrogen and oxygen atoms in total. The minimum absolute atomic E-state index is 0.858. The molecule has 0 unspecified atom stereocenters. The van der Waals surface area contributed by atoms with Crippen LogP contribution in [0.15, 0.2) is 71.1 Å². The fourth-order valence-corrected chi connectivity index (χ4v) is 3.40. The van der Waals surface area contributed by atoms with Crippen LogP contribution in [0.3, 0.4) is 0 Å². The van der Waals surface area contributed by atoms with E-state index in [2.05, 4.69) is 52.3 Å². The smallest absolute Gasteiger partial charge is 0.134 e. The SMILES string of the molecule is COc1ccc(-c2ccc(CN3CCN(c4ccccc4)CC3)o2)cc1. The lowest BCUT2D eigenvalue weighted by Crippen LogP contribution is -2.45. The van der Waals surface area contributed by atoms with Gasteiger partial charge in [-0.25, -0.2) is 0 Å². The van der Waals surface area contributed by atoms with Gasteiger partial charge in [-0.3, -0.25) is 4.90 Å². The molecule has 0 atom stereocenters. The summed E-state index contributed by atoms with van der Waals surface area (Å²) in [5.41, 5.74) is 2.39. The van der Waals surface area contributed by atoms with Crippen LogP contribution in [0.1, 0.15) is 5.76 Å². The number of piperazine rings is 1. The number of nitrogens with zero attached hydrogens (tertiary/aromatic N) is 2. The number of furan rings is 1. The molecule has 26 heavy (non-hydrogen) atoms. The minimum atomic E-state index is 0.858. The first-order valence-electron chi connectivity index (χ1n) is 9.07. The monoisotopic (exact) mass is 348 g/mol. The number of para-hydroxylation sites is 1. The van der Waals surface area contributed by atoms with Gasteiger partial charge in [0.25, 0.3) is 0 Å². The van der Waals surface area contributed by atoms with Gasteiger partial charge in [0.2, 0.25) is 0 Å². The minimum Gasteiger partial charge on any atom is -0.497 e. The fraction of sp³-hybridized carbons (Fsp3) is 0.273. The molecule has 0 radical (unpaired) electrons. The lowest BCUT2D eigenvalue weighted by molar-refractivity contribution is 0.231. The highest BCUT2D eigenvalue weighted by Crippen LogP contribution is 2.25. The van der Waals surface area contributed by atoms with Crippen LogP contribution in [0.5, 0.6) is 5.75 Å². The van der Waals surface area contributed by atoms with Gasteiger partial charge in [0.05, 0.1) is 13.7 Å². The van der Waals surface area contributed by atoms with E-state index < -0.39 is 0 Å². The van der Waals surface area contributed by atoms with Gasteiger partial charge in [-0.05, 0) is 48.5 Å². The Morgan fingerprint density at radius 1 is 0.846 bits per heavy atom. The third-order valence-electron chi connectivity index (χ3n) is 4.91. The van der Waals surface area contributed by atoms with Crippen LogP contribution in [-0.4, -0.2) is 38.2 Å². The van der Waals surface area contributed by atoms with Crippen molar-refractivity contribution in [1.29, 1.82) is 0 Å². The lowest BCUT2D eigenvalue weighted by atomic mass is 10.2. The Labute approximate surface area is 154 Å². The quantitative estimate of drug-likeness (QED) is 0.688. The van der Waals surface area contributed by atoms with E-state index in [1.807, 2.05) is 24.3 Å². The predicted octanol–water partition coefficient (Wildman–Crippen LogP) is 4.28.